The van der Waals surface area contributed by atoms with Crippen molar-refractivity contribution in [3.05, 3.63) is 59.6 Å². The molecule has 0 atom stereocenters. The van der Waals surface area contributed by atoms with Crippen LogP contribution in [-0.4, -0.2) is 18.4 Å². The molecule has 0 radical (unpaired) electrons. The van der Waals surface area contributed by atoms with E-state index in [0.717, 1.165) is 0 Å². The normalized spacial score (nSPS) is 10.0. The molecule has 4 nitrogen and oxygen atoms in total. The predicted molar refractivity (Wildman–Crippen MR) is 84.6 cm³/mol. The van der Waals surface area contributed by atoms with E-state index in [9.17, 15) is 9.59 Å². The molecule has 0 aliphatic heterocycles. The minimum Gasteiger partial charge on any atom is -0.318 e. The average molecular weight is 303 g/mol. The van der Waals surface area contributed by atoms with Gasteiger partial charge in [-0.2, -0.15) is 0 Å². The number of carbonyl (C=O) groups excluding carboxylic acids is 2. The second kappa shape index (κ2) is 6.90. The first kappa shape index (κ1) is 15.1. The highest BCUT2D eigenvalue weighted by Crippen LogP contribution is 2.15. The summed E-state index contributed by atoms with van der Waals surface area (Å²) in [4.78, 5) is 25.7. The number of hydrogen-bond donors (Lipinski definition) is 1. The van der Waals surface area contributed by atoms with Crippen LogP contribution in [0, 0.1) is 0 Å². The van der Waals surface area contributed by atoms with Crippen LogP contribution in [0.4, 0.5) is 11.4 Å². The Hall–Kier alpha value is -2.33. The molecule has 0 unspecified atom stereocenters. The quantitative estimate of drug-likeness (QED) is 0.884. The number of rotatable bonds is 3. The Morgan fingerprint density at radius 3 is 2.24 bits per heavy atom. The summed E-state index contributed by atoms with van der Waals surface area (Å²) >= 11 is 5.78. The SMILES string of the molecule is CCN(C(=O)C(=O)Nc1ccc(Cl)cc1)c1ccccc1. The molecule has 0 spiro atoms. The highest BCUT2D eigenvalue weighted by Gasteiger charge is 2.21. The van der Waals surface area contributed by atoms with Gasteiger partial charge in [0, 0.05) is 22.9 Å². The summed E-state index contributed by atoms with van der Waals surface area (Å²) in [6, 6.07) is 15.7. The largest absolute Gasteiger partial charge is 0.318 e. The minimum absolute atomic E-state index is 0.414. The number of benzene rings is 2. The van der Waals surface area contributed by atoms with Crippen LogP contribution in [0.2, 0.25) is 5.02 Å². The Bertz CT molecular complexity index is 626. The summed E-state index contributed by atoms with van der Waals surface area (Å²) in [6.07, 6.45) is 0. The molecule has 0 aromatic heterocycles. The maximum Gasteiger partial charge on any atom is 0.316 e. The van der Waals surface area contributed by atoms with Crippen molar-refractivity contribution in [3.8, 4) is 0 Å². The van der Waals surface area contributed by atoms with Gasteiger partial charge in [0.15, 0.2) is 0 Å². The van der Waals surface area contributed by atoms with Crippen LogP contribution in [0.1, 0.15) is 6.92 Å². The van der Waals surface area contributed by atoms with Crippen molar-refractivity contribution in [2.24, 2.45) is 0 Å². The number of halogens is 1. The molecule has 108 valence electrons. The van der Waals surface area contributed by atoms with Crippen molar-refractivity contribution in [2.75, 3.05) is 16.8 Å². The number of anilines is 2. The molecule has 2 aromatic rings. The minimum atomic E-state index is -0.678. The topological polar surface area (TPSA) is 49.4 Å². The van der Waals surface area contributed by atoms with Crippen molar-refractivity contribution in [3.63, 3.8) is 0 Å². The zero-order chi connectivity index (χ0) is 15.2. The third-order valence-electron chi connectivity index (χ3n) is 2.93. The van der Waals surface area contributed by atoms with Crippen LogP contribution in [0.15, 0.2) is 54.6 Å². The maximum absolute atomic E-state index is 12.2. The smallest absolute Gasteiger partial charge is 0.316 e. The van der Waals surface area contributed by atoms with E-state index in [1.807, 2.05) is 25.1 Å². The van der Waals surface area contributed by atoms with Crippen molar-refractivity contribution in [1.29, 1.82) is 0 Å². The van der Waals surface area contributed by atoms with Crippen LogP contribution < -0.4 is 10.2 Å². The Labute approximate surface area is 128 Å². The van der Waals surface area contributed by atoms with Crippen molar-refractivity contribution in [2.45, 2.75) is 6.92 Å². The van der Waals surface area contributed by atoms with Gasteiger partial charge in [-0.15, -0.1) is 0 Å². The summed E-state index contributed by atoms with van der Waals surface area (Å²) in [5.41, 5.74) is 1.22. The first-order valence-corrected chi connectivity index (χ1v) is 6.93. The van der Waals surface area contributed by atoms with E-state index < -0.39 is 11.8 Å². The number of likely N-dealkylation sites (N-methyl/N-ethyl adjacent to an activating group) is 1. The molecule has 0 saturated carbocycles. The van der Waals surface area contributed by atoms with Crippen LogP contribution >= 0.6 is 11.6 Å². The van der Waals surface area contributed by atoms with Gasteiger partial charge in [-0.1, -0.05) is 29.8 Å². The summed E-state index contributed by atoms with van der Waals surface area (Å²) < 4.78 is 0. The van der Waals surface area contributed by atoms with E-state index in [0.29, 0.717) is 22.9 Å². The highest BCUT2D eigenvalue weighted by atomic mass is 35.5. The molecule has 0 heterocycles. The summed E-state index contributed by atoms with van der Waals surface area (Å²) in [7, 11) is 0. The van der Waals surface area contributed by atoms with E-state index in [4.69, 9.17) is 11.6 Å². The monoisotopic (exact) mass is 302 g/mol. The van der Waals surface area contributed by atoms with Gasteiger partial charge in [0.25, 0.3) is 0 Å². The number of amides is 2. The van der Waals surface area contributed by atoms with E-state index in [2.05, 4.69) is 5.32 Å². The molecule has 2 amide bonds. The number of para-hydroxylation sites is 1. The maximum atomic E-state index is 12.2. The average Bonchev–Trinajstić information content (AvgIpc) is 2.51. The lowest BCUT2D eigenvalue weighted by molar-refractivity contribution is -0.134. The first-order valence-electron chi connectivity index (χ1n) is 6.55. The van der Waals surface area contributed by atoms with Gasteiger partial charge in [-0.05, 0) is 43.3 Å². The fourth-order valence-corrected chi connectivity index (χ4v) is 2.02. The predicted octanol–water partition coefficient (Wildman–Crippen LogP) is 3.33. The lowest BCUT2D eigenvalue weighted by Gasteiger charge is -2.20. The molecule has 1 N–H and O–H groups in total. The summed E-state index contributed by atoms with van der Waals surface area (Å²) in [5, 5.41) is 3.13. The third-order valence-corrected chi connectivity index (χ3v) is 3.18. The molecule has 21 heavy (non-hydrogen) atoms. The van der Waals surface area contributed by atoms with Crippen molar-refractivity contribution >= 4 is 34.8 Å². The molecule has 0 bridgehead atoms. The Balaban J connectivity index is 2.10. The lowest BCUT2D eigenvalue weighted by atomic mass is 10.2. The summed E-state index contributed by atoms with van der Waals surface area (Å²) in [5.74, 6) is -1.28. The molecule has 0 aliphatic carbocycles. The Morgan fingerprint density at radius 1 is 1.05 bits per heavy atom. The van der Waals surface area contributed by atoms with Crippen LogP contribution in [0.3, 0.4) is 0 Å². The van der Waals surface area contributed by atoms with E-state index in [1.165, 1.54) is 4.90 Å². The first-order chi connectivity index (χ1) is 10.1. The molecular formula is C16H15ClN2O2. The van der Waals surface area contributed by atoms with E-state index >= 15 is 0 Å². The fraction of sp³-hybridized carbons (Fsp3) is 0.125. The summed E-state index contributed by atoms with van der Waals surface area (Å²) in [6.45, 7) is 2.23. The zero-order valence-electron chi connectivity index (χ0n) is 11.5. The van der Waals surface area contributed by atoms with Gasteiger partial charge in [0.05, 0.1) is 0 Å². The van der Waals surface area contributed by atoms with Crippen molar-refractivity contribution in [1.82, 2.24) is 0 Å². The lowest BCUT2D eigenvalue weighted by Crippen LogP contribution is -2.39. The van der Waals surface area contributed by atoms with Crippen LogP contribution in [0.25, 0.3) is 0 Å². The second-order valence-corrected chi connectivity index (χ2v) is 4.78. The molecule has 5 heteroatoms. The Kier molecular flexibility index (Phi) is 4.95. The van der Waals surface area contributed by atoms with Gasteiger partial charge in [-0.3, -0.25) is 9.59 Å². The number of carbonyl (C=O) groups is 2. The van der Waals surface area contributed by atoms with E-state index in [-0.39, 0.29) is 0 Å². The standard InChI is InChI=1S/C16H15ClN2O2/c1-2-19(14-6-4-3-5-7-14)16(21)15(20)18-13-10-8-12(17)9-11-13/h3-11H,2H2,1H3,(H,18,20). The molecular weight excluding hydrogens is 288 g/mol. The van der Waals surface area contributed by atoms with Gasteiger partial charge in [-0.25, -0.2) is 0 Å². The van der Waals surface area contributed by atoms with Crippen LogP contribution in [-0.2, 0) is 9.59 Å². The molecule has 2 aromatic carbocycles. The van der Waals surface area contributed by atoms with Crippen LogP contribution in [0.5, 0.6) is 0 Å². The van der Waals surface area contributed by atoms with E-state index in [1.54, 1.807) is 36.4 Å². The van der Waals surface area contributed by atoms with Gasteiger partial charge in [0.2, 0.25) is 0 Å². The fourth-order valence-electron chi connectivity index (χ4n) is 1.89. The zero-order valence-corrected chi connectivity index (χ0v) is 12.3. The van der Waals surface area contributed by atoms with Gasteiger partial charge < -0.3 is 10.2 Å². The highest BCUT2D eigenvalue weighted by molar-refractivity contribution is 6.44. The Morgan fingerprint density at radius 2 is 1.67 bits per heavy atom. The van der Waals surface area contributed by atoms with Crippen molar-refractivity contribution < 1.29 is 9.59 Å². The molecule has 0 fully saturated rings. The van der Waals surface area contributed by atoms with Gasteiger partial charge >= 0.3 is 11.8 Å². The number of nitrogens with zero attached hydrogens (tertiary/aromatic N) is 1. The molecule has 2 rings (SSSR count). The molecule has 0 saturated heterocycles. The second-order valence-electron chi connectivity index (χ2n) is 4.35. The third kappa shape index (κ3) is 3.83. The number of nitrogens with one attached hydrogen (secondary N) is 1. The van der Waals surface area contributed by atoms with Gasteiger partial charge in [0.1, 0.15) is 0 Å². The number of hydrogen-bond acceptors (Lipinski definition) is 2. The molecule has 0 aliphatic rings.